The van der Waals surface area contributed by atoms with Gasteiger partial charge in [0, 0.05) is 24.1 Å². The fourth-order valence-corrected chi connectivity index (χ4v) is 4.11. The van der Waals surface area contributed by atoms with E-state index in [1.165, 1.54) is 5.56 Å². The van der Waals surface area contributed by atoms with Crippen molar-refractivity contribution in [3.63, 3.8) is 0 Å². The van der Waals surface area contributed by atoms with Gasteiger partial charge in [0.1, 0.15) is 0 Å². The molecule has 1 aromatic heterocycles. The molecular weight excluding hydrogens is 274 g/mol. The standard InChI is InChI=1S/C14H17N3O2S/c18-20(19)9-6-14(11-20)16-13-4-2-12(3-5-13)10-17-8-1-7-15-17/h1-5,7-8,14,16H,6,9-11H2. The number of nitrogens with zero attached hydrogens (tertiary/aromatic N) is 2. The minimum atomic E-state index is -2.83. The van der Waals surface area contributed by atoms with E-state index in [9.17, 15) is 8.42 Å². The van der Waals surface area contributed by atoms with Crippen LogP contribution in [0.1, 0.15) is 12.0 Å². The molecule has 20 heavy (non-hydrogen) atoms. The van der Waals surface area contributed by atoms with E-state index in [-0.39, 0.29) is 11.8 Å². The highest BCUT2D eigenvalue weighted by Gasteiger charge is 2.27. The van der Waals surface area contributed by atoms with E-state index in [1.807, 2.05) is 41.2 Å². The highest BCUT2D eigenvalue weighted by atomic mass is 32.2. The summed E-state index contributed by atoms with van der Waals surface area (Å²) in [7, 11) is -2.83. The van der Waals surface area contributed by atoms with Crippen molar-refractivity contribution in [2.75, 3.05) is 16.8 Å². The van der Waals surface area contributed by atoms with Crippen molar-refractivity contribution in [2.24, 2.45) is 0 Å². The van der Waals surface area contributed by atoms with Crippen LogP contribution in [0, 0.1) is 0 Å². The van der Waals surface area contributed by atoms with E-state index in [2.05, 4.69) is 10.4 Å². The SMILES string of the molecule is O=S1(=O)CCC(Nc2ccc(Cn3cccn3)cc2)C1. The van der Waals surface area contributed by atoms with Crippen LogP contribution in [-0.4, -0.2) is 35.7 Å². The molecule has 1 unspecified atom stereocenters. The number of aromatic nitrogens is 2. The van der Waals surface area contributed by atoms with E-state index in [4.69, 9.17) is 0 Å². The van der Waals surface area contributed by atoms with Crippen molar-refractivity contribution >= 4 is 15.5 Å². The van der Waals surface area contributed by atoms with Crippen LogP contribution in [0.3, 0.4) is 0 Å². The molecule has 2 aromatic rings. The second kappa shape index (κ2) is 5.28. The number of sulfone groups is 1. The molecule has 6 heteroatoms. The Hall–Kier alpha value is -1.82. The molecule has 0 radical (unpaired) electrons. The van der Waals surface area contributed by atoms with Gasteiger partial charge >= 0.3 is 0 Å². The van der Waals surface area contributed by atoms with Gasteiger partial charge in [-0.1, -0.05) is 12.1 Å². The number of rotatable bonds is 4. The molecule has 106 valence electrons. The molecule has 1 aromatic carbocycles. The van der Waals surface area contributed by atoms with E-state index in [0.29, 0.717) is 12.2 Å². The van der Waals surface area contributed by atoms with Crippen molar-refractivity contribution in [3.05, 3.63) is 48.3 Å². The first-order valence-corrected chi connectivity index (χ1v) is 8.46. The van der Waals surface area contributed by atoms with Crippen LogP contribution in [0.2, 0.25) is 0 Å². The number of anilines is 1. The number of nitrogens with one attached hydrogen (secondary N) is 1. The van der Waals surface area contributed by atoms with Gasteiger partial charge in [-0.05, 0) is 30.2 Å². The minimum absolute atomic E-state index is 0.0389. The maximum Gasteiger partial charge on any atom is 0.152 e. The smallest absolute Gasteiger partial charge is 0.152 e. The topological polar surface area (TPSA) is 64.0 Å². The summed E-state index contributed by atoms with van der Waals surface area (Å²) in [5.41, 5.74) is 2.13. The number of hydrogen-bond acceptors (Lipinski definition) is 4. The Labute approximate surface area is 118 Å². The van der Waals surface area contributed by atoms with Crippen LogP contribution in [-0.2, 0) is 16.4 Å². The van der Waals surface area contributed by atoms with Gasteiger partial charge < -0.3 is 5.32 Å². The Bertz CT molecular complexity index is 663. The Balaban J connectivity index is 1.62. The van der Waals surface area contributed by atoms with E-state index in [0.717, 1.165) is 12.2 Å². The minimum Gasteiger partial charge on any atom is -0.381 e. The van der Waals surface area contributed by atoms with E-state index in [1.54, 1.807) is 6.20 Å². The van der Waals surface area contributed by atoms with Crippen LogP contribution >= 0.6 is 0 Å². The van der Waals surface area contributed by atoms with Crippen molar-refractivity contribution in [1.82, 2.24) is 9.78 Å². The zero-order chi connectivity index (χ0) is 14.0. The third kappa shape index (κ3) is 3.19. The molecule has 0 aliphatic carbocycles. The van der Waals surface area contributed by atoms with E-state index < -0.39 is 9.84 Å². The zero-order valence-corrected chi connectivity index (χ0v) is 11.9. The van der Waals surface area contributed by atoms with Gasteiger partial charge in [-0.15, -0.1) is 0 Å². The highest BCUT2D eigenvalue weighted by Crippen LogP contribution is 2.18. The molecule has 1 aliphatic rings. The lowest BCUT2D eigenvalue weighted by Gasteiger charge is -2.12. The molecule has 1 atom stereocenters. The van der Waals surface area contributed by atoms with Crippen LogP contribution in [0.5, 0.6) is 0 Å². The van der Waals surface area contributed by atoms with Gasteiger partial charge in [0.2, 0.25) is 0 Å². The van der Waals surface area contributed by atoms with Crippen molar-refractivity contribution in [1.29, 1.82) is 0 Å². The molecule has 5 nitrogen and oxygen atoms in total. The molecule has 0 bridgehead atoms. The number of hydrogen-bond donors (Lipinski definition) is 1. The number of benzene rings is 1. The van der Waals surface area contributed by atoms with Crippen molar-refractivity contribution in [3.8, 4) is 0 Å². The molecular formula is C14H17N3O2S. The Morgan fingerprint density at radius 1 is 1.30 bits per heavy atom. The molecule has 2 heterocycles. The average Bonchev–Trinajstić information content (AvgIpc) is 3.02. The second-order valence-electron chi connectivity index (χ2n) is 5.14. The predicted octanol–water partition coefficient (Wildman–Crippen LogP) is 1.53. The van der Waals surface area contributed by atoms with Gasteiger partial charge in [0.25, 0.3) is 0 Å². The average molecular weight is 291 g/mol. The Morgan fingerprint density at radius 3 is 2.70 bits per heavy atom. The first kappa shape index (κ1) is 13.2. The van der Waals surface area contributed by atoms with Crippen LogP contribution < -0.4 is 5.32 Å². The maximum atomic E-state index is 11.4. The fraction of sp³-hybridized carbons (Fsp3) is 0.357. The molecule has 0 saturated carbocycles. The predicted molar refractivity (Wildman–Crippen MR) is 78.5 cm³/mol. The fourth-order valence-electron chi connectivity index (χ4n) is 2.43. The maximum absolute atomic E-state index is 11.4. The van der Waals surface area contributed by atoms with Gasteiger partial charge in [-0.3, -0.25) is 4.68 Å². The summed E-state index contributed by atoms with van der Waals surface area (Å²) in [5.74, 6) is 0.532. The molecule has 1 aliphatic heterocycles. The molecule has 0 spiro atoms. The van der Waals surface area contributed by atoms with Crippen molar-refractivity contribution in [2.45, 2.75) is 19.0 Å². The first-order valence-electron chi connectivity index (χ1n) is 6.64. The summed E-state index contributed by atoms with van der Waals surface area (Å²) in [4.78, 5) is 0. The lowest BCUT2D eigenvalue weighted by Crippen LogP contribution is -2.20. The normalized spacial score (nSPS) is 20.9. The summed E-state index contributed by atoms with van der Waals surface area (Å²) in [5, 5.41) is 7.45. The molecule has 1 fully saturated rings. The first-order chi connectivity index (χ1) is 9.61. The molecule has 0 amide bonds. The summed E-state index contributed by atoms with van der Waals surface area (Å²) in [6, 6.07) is 9.99. The molecule has 1 saturated heterocycles. The van der Waals surface area contributed by atoms with Gasteiger partial charge in [0.05, 0.1) is 18.1 Å². The largest absolute Gasteiger partial charge is 0.381 e. The molecule has 1 N–H and O–H groups in total. The monoisotopic (exact) mass is 291 g/mol. The third-order valence-electron chi connectivity index (χ3n) is 3.46. The van der Waals surface area contributed by atoms with Crippen LogP contribution in [0.25, 0.3) is 0 Å². The molecule has 3 rings (SSSR count). The van der Waals surface area contributed by atoms with Crippen molar-refractivity contribution < 1.29 is 8.42 Å². The van der Waals surface area contributed by atoms with Gasteiger partial charge in [-0.2, -0.15) is 5.10 Å². The lowest BCUT2D eigenvalue weighted by molar-refractivity contribution is 0.602. The van der Waals surface area contributed by atoms with Gasteiger partial charge in [-0.25, -0.2) is 8.42 Å². The summed E-state index contributed by atoms with van der Waals surface area (Å²) >= 11 is 0. The zero-order valence-electron chi connectivity index (χ0n) is 11.1. The quantitative estimate of drug-likeness (QED) is 0.928. The summed E-state index contributed by atoms with van der Waals surface area (Å²) < 4.78 is 24.7. The lowest BCUT2D eigenvalue weighted by atomic mass is 10.2. The Morgan fingerprint density at radius 2 is 2.10 bits per heavy atom. The highest BCUT2D eigenvalue weighted by molar-refractivity contribution is 7.91. The third-order valence-corrected chi connectivity index (χ3v) is 5.23. The second-order valence-corrected chi connectivity index (χ2v) is 7.37. The van der Waals surface area contributed by atoms with E-state index >= 15 is 0 Å². The van der Waals surface area contributed by atoms with Gasteiger partial charge in [0.15, 0.2) is 9.84 Å². The van der Waals surface area contributed by atoms with Crippen LogP contribution in [0.15, 0.2) is 42.7 Å². The Kier molecular flexibility index (Phi) is 3.48. The summed E-state index contributed by atoms with van der Waals surface area (Å²) in [6.45, 7) is 0.741. The van der Waals surface area contributed by atoms with Crippen LogP contribution in [0.4, 0.5) is 5.69 Å². The summed E-state index contributed by atoms with van der Waals surface area (Å²) in [6.07, 6.45) is 4.38.